The topological polar surface area (TPSA) is 68.3 Å². The summed E-state index contributed by atoms with van der Waals surface area (Å²) < 4.78 is 5.55. The van der Waals surface area contributed by atoms with Crippen molar-refractivity contribution >= 4 is 39.8 Å². The molecule has 1 aromatic heterocycles. The fourth-order valence-electron chi connectivity index (χ4n) is 1.91. The van der Waals surface area contributed by atoms with Gasteiger partial charge in [-0.05, 0) is 18.2 Å². The number of carbonyl (C=O) groups excluding carboxylic acids is 2. The second-order valence-corrected chi connectivity index (χ2v) is 5.53. The maximum atomic E-state index is 12.0. The fourth-order valence-corrected chi connectivity index (χ4v) is 2.62. The molecule has 0 fully saturated rings. The molecular weight excluding hydrogens is 300 g/mol. The molecule has 0 aliphatic carbocycles. The van der Waals surface area contributed by atoms with Gasteiger partial charge in [-0.15, -0.1) is 11.3 Å². The number of fused-ring (bicyclic) bond motifs is 1. The van der Waals surface area contributed by atoms with E-state index in [9.17, 15) is 9.59 Å². The van der Waals surface area contributed by atoms with Crippen LogP contribution in [0.2, 0.25) is 5.02 Å². The van der Waals surface area contributed by atoms with Crippen molar-refractivity contribution in [3.05, 3.63) is 40.4 Å². The molecule has 7 heteroatoms. The van der Waals surface area contributed by atoms with E-state index in [-0.39, 0.29) is 18.1 Å². The van der Waals surface area contributed by atoms with Crippen molar-refractivity contribution in [1.29, 1.82) is 0 Å². The van der Waals surface area contributed by atoms with Gasteiger partial charge in [0, 0.05) is 16.6 Å². The quantitative estimate of drug-likeness (QED) is 0.926. The lowest BCUT2D eigenvalue weighted by molar-refractivity contribution is -0.122. The first-order valence-corrected chi connectivity index (χ1v) is 7.09. The van der Waals surface area contributed by atoms with Crippen LogP contribution in [0.25, 0.3) is 0 Å². The average molecular weight is 309 g/mol. The molecule has 1 atom stereocenters. The van der Waals surface area contributed by atoms with E-state index < -0.39 is 6.10 Å². The van der Waals surface area contributed by atoms with Crippen molar-refractivity contribution in [3.8, 4) is 5.75 Å². The molecule has 1 amide bonds. The lowest BCUT2D eigenvalue weighted by Gasteiger charge is -2.24. The van der Waals surface area contributed by atoms with Gasteiger partial charge in [0.25, 0.3) is 5.91 Å². The Morgan fingerprint density at radius 2 is 2.35 bits per heavy atom. The van der Waals surface area contributed by atoms with Gasteiger partial charge in [0.2, 0.25) is 0 Å². The largest absolute Gasteiger partial charge is 0.479 e. The predicted octanol–water partition coefficient (Wildman–Crippen LogP) is 2.77. The molecule has 1 aromatic carbocycles. The predicted molar refractivity (Wildman–Crippen MR) is 75.6 cm³/mol. The Morgan fingerprint density at radius 3 is 3.10 bits per heavy atom. The van der Waals surface area contributed by atoms with E-state index in [0.717, 1.165) is 0 Å². The van der Waals surface area contributed by atoms with E-state index >= 15 is 0 Å². The van der Waals surface area contributed by atoms with Crippen LogP contribution in [-0.2, 0) is 4.79 Å². The minimum atomic E-state index is -0.847. The zero-order valence-electron chi connectivity index (χ0n) is 10.1. The molecule has 0 unspecified atom stereocenters. The van der Waals surface area contributed by atoms with Crippen LogP contribution in [0.15, 0.2) is 29.8 Å². The molecule has 0 saturated carbocycles. The molecule has 20 heavy (non-hydrogen) atoms. The van der Waals surface area contributed by atoms with E-state index in [1.165, 1.54) is 11.3 Å². The van der Waals surface area contributed by atoms with Crippen molar-refractivity contribution < 1.29 is 14.3 Å². The van der Waals surface area contributed by atoms with Gasteiger partial charge in [-0.2, -0.15) is 0 Å². The smallest absolute Gasteiger partial charge is 0.267 e. The summed E-state index contributed by atoms with van der Waals surface area (Å²) in [6.07, 6.45) is 0.731. The van der Waals surface area contributed by atoms with Gasteiger partial charge in [-0.1, -0.05) is 11.6 Å². The van der Waals surface area contributed by atoms with Gasteiger partial charge >= 0.3 is 0 Å². The first kappa shape index (κ1) is 13.1. The summed E-state index contributed by atoms with van der Waals surface area (Å²) in [5.74, 6) is -0.160. The average Bonchev–Trinajstić information content (AvgIpc) is 2.92. The summed E-state index contributed by atoms with van der Waals surface area (Å²) in [5.41, 5.74) is 0.413. The molecule has 0 radical (unpaired) electrons. The number of Topliss-reactive ketones (excluding diaryl/α,β-unsaturated/α-hetero) is 1. The summed E-state index contributed by atoms with van der Waals surface area (Å²) in [7, 11) is 0. The van der Waals surface area contributed by atoms with E-state index in [4.69, 9.17) is 16.3 Å². The van der Waals surface area contributed by atoms with Crippen LogP contribution < -0.4 is 10.1 Å². The maximum Gasteiger partial charge on any atom is 0.267 e. The molecule has 5 nitrogen and oxygen atoms in total. The third-order valence-electron chi connectivity index (χ3n) is 2.84. The minimum Gasteiger partial charge on any atom is -0.479 e. The molecule has 0 spiro atoms. The molecule has 1 aliphatic rings. The van der Waals surface area contributed by atoms with Crippen LogP contribution in [0, 0.1) is 0 Å². The highest BCUT2D eigenvalue weighted by Gasteiger charge is 2.31. The number of nitrogens with zero attached hydrogens (tertiary/aromatic N) is 1. The van der Waals surface area contributed by atoms with Gasteiger partial charge in [0.1, 0.15) is 5.75 Å². The number of ether oxygens (including phenoxy) is 1. The third kappa shape index (κ3) is 2.52. The molecule has 2 heterocycles. The number of benzene rings is 1. The molecule has 0 bridgehead atoms. The summed E-state index contributed by atoms with van der Waals surface area (Å²) in [4.78, 5) is 28.0. The number of nitrogens with one attached hydrogen (secondary N) is 1. The molecule has 102 valence electrons. The number of amides is 1. The van der Waals surface area contributed by atoms with Crippen LogP contribution in [0.4, 0.5) is 5.13 Å². The van der Waals surface area contributed by atoms with Gasteiger partial charge in [0.05, 0.1) is 12.0 Å². The Kier molecular flexibility index (Phi) is 3.42. The van der Waals surface area contributed by atoms with Crippen LogP contribution in [0.3, 0.4) is 0 Å². The Balaban J connectivity index is 1.79. The van der Waals surface area contributed by atoms with E-state index in [2.05, 4.69) is 10.3 Å². The molecule has 3 rings (SSSR count). The van der Waals surface area contributed by atoms with Crippen molar-refractivity contribution in [2.24, 2.45) is 0 Å². The van der Waals surface area contributed by atoms with Crippen molar-refractivity contribution in [2.75, 3.05) is 5.32 Å². The monoisotopic (exact) mass is 308 g/mol. The van der Waals surface area contributed by atoms with Crippen molar-refractivity contribution in [1.82, 2.24) is 4.98 Å². The Hall–Kier alpha value is -1.92. The normalized spacial score (nSPS) is 17.2. The summed E-state index contributed by atoms with van der Waals surface area (Å²) in [5, 5.41) is 5.31. The van der Waals surface area contributed by atoms with Crippen molar-refractivity contribution in [3.63, 3.8) is 0 Å². The van der Waals surface area contributed by atoms with Gasteiger partial charge in [-0.25, -0.2) is 4.98 Å². The first-order chi connectivity index (χ1) is 9.63. The van der Waals surface area contributed by atoms with Gasteiger partial charge in [-0.3, -0.25) is 14.9 Å². The highest BCUT2D eigenvalue weighted by molar-refractivity contribution is 7.13. The summed E-state index contributed by atoms with van der Waals surface area (Å²) in [6, 6.07) is 4.77. The number of rotatable bonds is 2. The highest BCUT2D eigenvalue weighted by atomic mass is 35.5. The molecule has 1 aliphatic heterocycles. The molecule has 2 aromatic rings. The molecular formula is C13H9ClN2O3S. The third-order valence-corrected chi connectivity index (χ3v) is 3.76. The number of thiazole rings is 1. The number of ketones is 1. The van der Waals surface area contributed by atoms with Crippen molar-refractivity contribution in [2.45, 2.75) is 12.5 Å². The summed E-state index contributed by atoms with van der Waals surface area (Å²) in [6.45, 7) is 0. The number of carbonyl (C=O) groups is 2. The van der Waals surface area contributed by atoms with Gasteiger partial charge < -0.3 is 4.74 Å². The number of hydrogen-bond acceptors (Lipinski definition) is 5. The second kappa shape index (κ2) is 5.22. The second-order valence-electron chi connectivity index (χ2n) is 4.20. The van der Waals surface area contributed by atoms with Crippen LogP contribution in [-0.4, -0.2) is 22.8 Å². The number of anilines is 1. The minimum absolute atomic E-state index is 0.00937. The summed E-state index contributed by atoms with van der Waals surface area (Å²) >= 11 is 7.14. The van der Waals surface area contributed by atoms with Crippen LogP contribution >= 0.6 is 22.9 Å². The zero-order valence-corrected chi connectivity index (χ0v) is 11.7. The lowest BCUT2D eigenvalue weighted by Crippen LogP contribution is -2.38. The SMILES string of the molecule is O=C1C[C@@H](C(=O)Nc2nccs2)Oc2ccc(Cl)cc21. The fraction of sp³-hybridized carbons (Fsp3) is 0.154. The number of aromatic nitrogens is 1. The first-order valence-electron chi connectivity index (χ1n) is 5.83. The Morgan fingerprint density at radius 1 is 1.50 bits per heavy atom. The van der Waals surface area contributed by atoms with E-state index in [1.54, 1.807) is 29.8 Å². The number of halogens is 1. The highest BCUT2D eigenvalue weighted by Crippen LogP contribution is 2.30. The standard InChI is InChI=1S/C13H9ClN2O3S/c14-7-1-2-10-8(5-7)9(17)6-11(19-10)12(18)16-13-15-3-4-20-13/h1-5,11H,6H2,(H,15,16,18)/t11-/m0/s1. The molecule has 1 N–H and O–H groups in total. The zero-order chi connectivity index (χ0) is 14.1. The van der Waals surface area contributed by atoms with E-state index in [1.807, 2.05) is 0 Å². The molecule has 0 saturated heterocycles. The Labute approximate surface area is 123 Å². The number of hydrogen-bond donors (Lipinski definition) is 1. The lowest BCUT2D eigenvalue weighted by atomic mass is 10.0. The van der Waals surface area contributed by atoms with Gasteiger partial charge in [0.15, 0.2) is 17.0 Å². The van der Waals surface area contributed by atoms with Crippen LogP contribution in [0.1, 0.15) is 16.8 Å². The maximum absolute atomic E-state index is 12.0. The Bertz CT molecular complexity index is 672. The van der Waals surface area contributed by atoms with Crippen LogP contribution in [0.5, 0.6) is 5.75 Å². The van der Waals surface area contributed by atoms with E-state index in [0.29, 0.717) is 21.5 Å².